The summed E-state index contributed by atoms with van der Waals surface area (Å²) in [4.78, 5) is 22.3. The Morgan fingerprint density at radius 1 is 0.889 bits per heavy atom. The lowest BCUT2D eigenvalue weighted by Crippen LogP contribution is -2.40. The summed E-state index contributed by atoms with van der Waals surface area (Å²) in [6, 6.07) is 8.85. The maximum Gasteiger partial charge on any atom is 0.333 e. The van der Waals surface area contributed by atoms with Gasteiger partial charge in [0, 0.05) is 6.92 Å². The van der Waals surface area contributed by atoms with Gasteiger partial charge in [-0.2, -0.15) is 4.31 Å². The summed E-state index contributed by atoms with van der Waals surface area (Å²) in [6.45, 7) is 2.81. The summed E-state index contributed by atoms with van der Waals surface area (Å²) in [5.41, 5.74) is 5.92. The second-order valence-corrected chi connectivity index (χ2v) is 9.05. The first kappa shape index (κ1) is 20.4. The standard InChI is InChI=1S/C16H17N3O6S2/c1-11-3-7-15(8-4-11)27(24,25)19(16(17)21)13-5-9-14(10-6-13)26(22,23)18-12(2)20/h3-10H,1-2H3,(H2,17,21)(H,18,20). The lowest BCUT2D eigenvalue weighted by atomic mass is 10.2. The lowest BCUT2D eigenvalue weighted by Gasteiger charge is -2.20. The van der Waals surface area contributed by atoms with E-state index in [4.69, 9.17) is 5.73 Å². The van der Waals surface area contributed by atoms with Gasteiger partial charge in [-0.3, -0.25) is 4.79 Å². The number of aryl methyl sites for hydroxylation is 1. The summed E-state index contributed by atoms with van der Waals surface area (Å²) in [5, 5.41) is 0. The Morgan fingerprint density at radius 2 is 1.37 bits per heavy atom. The molecule has 0 aliphatic carbocycles. The number of hydrogen-bond acceptors (Lipinski definition) is 6. The number of anilines is 1. The topological polar surface area (TPSA) is 144 Å². The van der Waals surface area contributed by atoms with Gasteiger partial charge in [0.2, 0.25) is 5.91 Å². The van der Waals surface area contributed by atoms with Crippen LogP contribution in [-0.4, -0.2) is 28.8 Å². The predicted molar refractivity (Wildman–Crippen MR) is 97.9 cm³/mol. The Bertz CT molecular complexity index is 1080. The fraction of sp³-hybridized carbons (Fsp3) is 0.125. The normalized spacial score (nSPS) is 11.6. The highest BCUT2D eigenvalue weighted by Crippen LogP contribution is 2.25. The van der Waals surface area contributed by atoms with Crippen molar-refractivity contribution in [3.8, 4) is 0 Å². The van der Waals surface area contributed by atoms with Crippen molar-refractivity contribution in [3.05, 3.63) is 54.1 Å². The van der Waals surface area contributed by atoms with Crippen LogP contribution in [-0.2, 0) is 24.8 Å². The molecule has 0 aliphatic rings. The van der Waals surface area contributed by atoms with E-state index in [0.717, 1.165) is 36.8 Å². The first-order valence-electron chi connectivity index (χ1n) is 7.50. The molecule has 0 saturated carbocycles. The SMILES string of the molecule is CC(=O)NS(=O)(=O)c1ccc(N(C(N)=O)S(=O)(=O)c2ccc(C)cc2)cc1. The van der Waals surface area contributed by atoms with Crippen molar-refractivity contribution in [2.24, 2.45) is 5.73 Å². The molecule has 0 aliphatic heterocycles. The average Bonchev–Trinajstić information content (AvgIpc) is 2.54. The quantitative estimate of drug-likeness (QED) is 0.754. The first-order valence-corrected chi connectivity index (χ1v) is 10.4. The van der Waals surface area contributed by atoms with Crippen molar-refractivity contribution in [2.45, 2.75) is 23.6 Å². The second-order valence-electron chi connectivity index (χ2n) is 5.58. The van der Waals surface area contributed by atoms with Gasteiger partial charge in [-0.25, -0.2) is 26.4 Å². The number of hydrogen-bond donors (Lipinski definition) is 2. The molecule has 3 N–H and O–H groups in total. The maximum absolute atomic E-state index is 12.8. The van der Waals surface area contributed by atoms with E-state index in [1.807, 2.05) is 0 Å². The number of rotatable bonds is 5. The first-order chi connectivity index (χ1) is 12.4. The van der Waals surface area contributed by atoms with E-state index in [2.05, 4.69) is 0 Å². The van der Waals surface area contributed by atoms with Crippen molar-refractivity contribution in [3.63, 3.8) is 0 Å². The minimum atomic E-state index is -4.30. The molecule has 0 fully saturated rings. The molecule has 0 saturated heterocycles. The Balaban J connectivity index is 2.48. The molecule has 0 unspecified atom stereocenters. The molecular formula is C16H17N3O6S2. The van der Waals surface area contributed by atoms with Gasteiger partial charge in [-0.05, 0) is 43.3 Å². The van der Waals surface area contributed by atoms with Crippen LogP contribution in [0.3, 0.4) is 0 Å². The summed E-state index contributed by atoms with van der Waals surface area (Å²) >= 11 is 0. The number of primary amides is 1. The van der Waals surface area contributed by atoms with Gasteiger partial charge in [-0.15, -0.1) is 0 Å². The number of amides is 3. The van der Waals surface area contributed by atoms with Crippen LogP contribution in [0.2, 0.25) is 0 Å². The van der Waals surface area contributed by atoms with Gasteiger partial charge in [0.25, 0.3) is 20.0 Å². The van der Waals surface area contributed by atoms with Crippen LogP contribution in [0, 0.1) is 6.92 Å². The Kier molecular flexibility index (Phi) is 5.56. The molecule has 9 nitrogen and oxygen atoms in total. The Morgan fingerprint density at radius 3 is 1.81 bits per heavy atom. The minimum Gasteiger partial charge on any atom is -0.350 e. The summed E-state index contributed by atoms with van der Waals surface area (Å²) < 4.78 is 51.6. The summed E-state index contributed by atoms with van der Waals surface area (Å²) in [5.74, 6) is -0.778. The number of nitrogens with two attached hydrogens (primary N) is 1. The molecule has 144 valence electrons. The van der Waals surface area contributed by atoms with Crippen molar-refractivity contribution in [1.29, 1.82) is 0 Å². The molecule has 0 aromatic heterocycles. The molecule has 0 atom stereocenters. The number of benzene rings is 2. The number of sulfonamides is 2. The molecule has 0 spiro atoms. The fourth-order valence-electron chi connectivity index (χ4n) is 2.21. The maximum atomic E-state index is 12.8. The second kappa shape index (κ2) is 7.37. The van der Waals surface area contributed by atoms with Crippen LogP contribution < -0.4 is 14.8 Å². The van der Waals surface area contributed by atoms with Gasteiger partial charge in [0.15, 0.2) is 0 Å². The van der Waals surface area contributed by atoms with E-state index in [9.17, 15) is 26.4 Å². The molecule has 0 heterocycles. The van der Waals surface area contributed by atoms with Gasteiger partial charge in [-0.1, -0.05) is 17.7 Å². The average molecular weight is 411 g/mol. The smallest absolute Gasteiger partial charge is 0.333 e. The zero-order valence-corrected chi connectivity index (χ0v) is 16.0. The zero-order valence-electron chi connectivity index (χ0n) is 14.4. The highest BCUT2D eigenvalue weighted by molar-refractivity contribution is 7.93. The van der Waals surface area contributed by atoms with Crippen molar-refractivity contribution in [2.75, 3.05) is 4.31 Å². The third-order valence-electron chi connectivity index (χ3n) is 3.42. The molecule has 27 heavy (non-hydrogen) atoms. The molecule has 3 amide bonds. The third-order valence-corrected chi connectivity index (χ3v) is 6.61. The highest BCUT2D eigenvalue weighted by Gasteiger charge is 2.29. The molecule has 2 rings (SSSR count). The summed E-state index contributed by atoms with van der Waals surface area (Å²) in [7, 11) is -8.40. The van der Waals surface area contributed by atoms with Crippen molar-refractivity contribution in [1.82, 2.24) is 4.72 Å². The van der Waals surface area contributed by atoms with Gasteiger partial charge in [0.05, 0.1) is 15.5 Å². The molecular weight excluding hydrogens is 394 g/mol. The molecule has 0 radical (unpaired) electrons. The number of carbonyl (C=O) groups is 2. The monoisotopic (exact) mass is 411 g/mol. The predicted octanol–water partition coefficient (Wildman–Crippen LogP) is 1.09. The van der Waals surface area contributed by atoms with Gasteiger partial charge < -0.3 is 5.73 Å². The van der Waals surface area contributed by atoms with Crippen LogP contribution in [0.4, 0.5) is 10.5 Å². The number of nitrogens with zero attached hydrogens (tertiary/aromatic N) is 1. The molecule has 11 heteroatoms. The number of urea groups is 1. The zero-order chi connectivity index (χ0) is 20.4. The number of carbonyl (C=O) groups excluding carboxylic acids is 2. The van der Waals surface area contributed by atoms with Crippen molar-refractivity contribution < 1.29 is 26.4 Å². The van der Waals surface area contributed by atoms with Gasteiger partial charge >= 0.3 is 6.03 Å². The highest BCUT2D eigenvalue weighted by atomic mass is 32.2. The van der Waals surface area contributed by atoms with Crippen LogP contribution in [0.15, 0.2) is 58.3 Å². The van der Waals surface area contributed by atoms with E-state index in [1.165, 1.54) is 12.1 Å². The van der Waals surface area contributed by atoms with E-state index in [1.54, 1.807) is 23.8 Å². The molecule has 2 aromatic rings. The van der Waals surface area contributed by atoms with Crippen LogP contribution in [0.5, 0.6) is 0 Å². The summed E-state index contributed by atoms with van der Waals surface area (Å²) in [6.07, 6.45) is 0. The Hall–Kier alpha value is -2.92. The minimum absolute atomic E-state index is 0.148. The number of nitrogens with one attached hydrogen (secondary N) is 1. The Labute approximate surface area is 156 Å². The van der Waals surface area contributed by atoms with E-state index < -0.39 is 32.0 Å². The van der Waals surface area contributed by atoms with Crippen molar-refractivity contribution >= 4 is 37.7 Å². The molecule has 0 bridgehead atoms. The lowest BCUT2D eigenvalue weighted by molar-refractivity contribution is -0.117. The van der Waals surface area contributed by atoms with Crippen LogP contribution >= 0.6 is 0 Å². The molecule has 2 aromatic carbocycles. The van der Waals surface area contributed by atoms with E-state index >= 15 is 0 Å². The third kappa shape index (κ3) is 4.44. The fourth-order valence-corrected chi connectivity index (χ4v) is 4.53. The van der Waals surface area contributed by atoms with E-state index in [-0.39, 0.29) is 15.5 Å². The van der Waals surface area contributed by atoms with Crippen LogP contribution in [0.25, 0.3) is 0 Å². The largest absolute Gasteiger partial charge is 0.350 e. The van der Waals surface area contributed by atoms with Crippen LogP contribution in [0.1, 0.15) is 12.5 Å². The van der Waals surface area contributed by atoms with Gasteiger partial charge in [0.1, 0.15) is 0 Å². The van der Waals surface area contributed by atoms with E-state index in [0.29, 0.717) is 4.31 Å².